The lowest BCUT2D eigenvalue weighted by atomic mass is 9.92. The van der Waals surface area contributed by atoms with Crippen molar-refractivity contribution in [3.63, 3.8) is 0 Å². The molecule has 0 amide bonds. The fraction of sp³-hybridized carbons (Fsp3) is 0.647. The van der Waals surface area contributed by atoms with Gasteiger partial charge in [-0.15, -0.1) is 0 Å². The molecule has 1 aliphatic heterocycles. The van der Waals surface area contributed by atoms with Gasteiger partial charge >= 0.3 is 0 Å². The van der Waals surface area contributed by atoms with Crippen molar-refractivity contribution in [2.24, 2.45) is 5.41 Å². The third kappa shape index (κ3) is 6.12. The molecule has 1 aromatic rings. The summed E-state index contributed by atoms with van der Waals surface area (Å²) in [4.78, 5) is 0.311. The van der Waals surface area contributed by atoms with Crippen molar-refractivity contribution >= 4 is 15.7 Å². The van der Waals surface area contributed by atoms with Crippen LogP contribution in [-0.4, -0.2) is 34.2 Å². The van der Waals surface area contributed by atoms with Gasteiger partial charge < -0.3 is 10.1 Å². The van der Waals surface area contributed by atoms with E-state index in [0.29, 0.717) is 18.1 Å². The molecule has 1 aromatic carbocycles. The molecule has 0 bridgehead atoms. The minimum absolute atomic E-state index is 0.0293. The first-order valence-electron chi connectivity index (χ1n) is 8.20. The van der Waals surface area contributed by atoms with Crippen molar-refractivity contribution in [3.8, 4) is 0 Å². The quantitative estimate of drug-likeness (QED) is 0.835. The molecule has 23 heavy (non-hydrogen) atoms. The Kier molecular flexibility index (Phi) is 6.06. The second-order valence-corrected chi connectivity index (χ2v) is 8.98. The van der Waals surface area contributed by atoms with Gasteiger partial charge in [-0.3, -0.25) is 0 Å². The van der Waals surface area contributed by atoms with Crippen molar-refractivity contribution in [2.45, 2.75) is 51.0 Å². The van der Waals surface area contributed by atoms with Gasteiger partial charge in [-0.25, -0.2) is 13.1 Å². The summed E-state index contributed by atoms with van der Waals surface area (Å²) in [7, 11) is -3.45. The van der Waals surface area contributed by atoms with Crippen molar-refractivity contribution < 1.29 is 13.2 Å². The normalized spacial score (nSPS) is 17.2. The van der Waals surface area contributed by atoms with Gasteiger partial charge in [0.1, 0.15) is 0 Å². The van der Waals surface area contributed by atoms with Gasteiger partial charge in [-0.2, -0.15) is 0 Å². The molecule has 0 atom stereocenters. The molecule has 1 aliphatic rings. The van der Waals surface area contributed by atoms with E-state index < -0.39 is 10.0 Å². The molecule has 5 nitrogen and oxygen atoms in total. The smallest absolute Gasteiger partial charge is 0.240 e. The highest BCUT2D eigenvalue weighted by molar-refractivity contribution is 7.89. The van der Waals surface area contributed by atoms with Gasteiger partial charge in [0, 0.05) is 31.5 Å². The second kappa shape index (κ2) is 7.64. The Balaban J connectivity index is 1.92. The molecule has 2 N–H and O–H groups in total. The largest absolute Gasteiger partial charge is 0.385 e. The zero-order valence-corrected chi connectivity index (χ0v) is 15.1. The Bertz CT molecular complexity index is 585. The lowest BCUT2D eigenvalue weighted by Gasteiger charge is -2.23. The number of anilines is 1. The number of benzene rings is 1. The van der Waals surface area contributed by atoms with Crippen LogP contribution in [0.1, 0.15) is 40.0 Å². The summed E-state index contributed by atoms with van der Waals surface area (Å²) in [5.74, 6) is 0. The predicted octanol–water partition coefficient (Wildman–Crippen LogP) is 2.99. The van der Waals surface area contributed by atoms with E-state index in [-0.39, 0.29) is 11.5 Å². The maximum absolute atomic E-state index is 12.4. The summed E-state index contributed by atoms with van der Waals surface area (Å²) < 4.78 is 32.8. The maximum Gasteiger partial charge on any atom is 0.240 e. The molecule has 2 rings (SSSR count). The Labute approximate surface area is 139 Å². The van der Waals surface area contributed by atoms with Crippen LogP contribution in [0.25, 0.3) is 0 Å². The van der Waals surface area contributed by atoms with Gasteiger partial charge in [0.05, 0.1) is 4.90 Å². The molecule has 0 aromatic heterocycles. The van der Waals surface area contributed by atoms with Gasteiger partial charge in [0.2, 0.25) is 10.0 Å². The highest BCUT2D eigenvalue weighted by Gasteiger charge is 2.22. The van der Waals surface area contributed by atoms with Crippen molar-refractivity contribution in [1.82, 2.24) is 4.72 Å². The Hall–Kier alpha value is -1.11. The highest BCUT2D eigenvalue weighted by atomic mass is 32.2. The van der Waals surface area contributed by atoms with E-state index in [4.69, 9.17) is 4.74 Å². The van der Waals surface area contributed by atoms with Crippen molar-refractivity contribution in [3.05, 3.63) is 24.3 Å². The molecule has 0 saturated carbocycles. The highest BCUT2D eigenvalue weighted by Crippen LogP contribution is 2.20. The monoisotopic (exact) mass is 340 g/mol. The Morgan fingerprint density at radius 1 is 1.13 bits per heavy atom. The molecular formula is C17H28N2O3S. The first-order chi connectivity index (χ1) is 10.8. The molecule has 130 valence electrons. The summed E-state index contributed by atoms with van der Waals surface area (Å²) in [6, 6.07) is 6.92. The summed E-state index contributed by atoms with van der Waals surface area (Å²) in [5.41, 5.74) is 1.23. The third-order valence-corrected chi connectivity index (χ3v) is 5.45. The molecule has 1 saturated heterocycles. The molecule has 0 radical (unpaired) electrons. The van der Waals surface area contributed by atoms with Gasteiger partial charge in [-0.1, -0.05) is 20.8 Å². The average Bonchev–Trinajstić information content (AvgIpc) is 2.47. The molecule has 1 heterocycles. The predicted molar refractivity (Wildman–Crippen MR) is 93.2 cm³/mol. The van der Waals surface area contributed by atoms with Crippen LogP contribution in [0.15, 0.2) is 29.2 Å². The van der Waals surface area contributed by atoms with Crippen LogP contribution >= 0.6 is 0 Å². The zero-order chi connectivity index (χ0) is 16.9. The van der Waals surface area contributed by atoms with Crippen LogP contribution in [0.5, 0.6) is 0 Å². The Morgan fingerprint density at radius 2 is 1.74 bits per heavy atom. The van der Waals surface area contributed by atoms with E-state index in [0.717, 1.165) is 31.5 Å². The number of ether oxygens (including phenoxy) is 1. The first kappa shape index (κ1) is 18.2. The first-order valence-corrected chi connectivity index (χ1v) is 9.69. The SMILES string of the molecule is CC(C)(C)CCNc1ccc(S(=O)(=O)NC2CCOCC2)cc1. The molecule has 6 heteroatoms. The van der Waals surface area contributed by atoms with Crippen LogP contribution in [-0.2, 0) is 14.8 Å². The topological polar surface area (TPSA) is 67.4 Å². The summed E-state index contributed by atoms with van der Waals surface area (Å²) in [5, 5.41) is 3.33. The van der Waals surface area contributed by atoms with E-state index in [1.165, 1.54) is 0 Å². The van der Waals surface area contributed by atoms with Crippen LogP contribution in [0.4, 0.5) is 5.69 Å². The van der Waals surface area contributed by atoms with Gasteiger partial charge in [0.25, 0.3) is 0 Å². The van der Waals surface area contributed by atoms with Crippen molar-refractivity contribution in [1.29, 1.82) is 0 Å². The lowest BCUT2D eigenvalue weighted by Crippen LogP contribution is -2.38. The number of hydrogen-bond acceptors (Lipinski definition) is 4. The fourth-order valence-electron chi connectivity index (χ4n) is 2.44. The lowest BCUT2D eigenvalue weighted by molar-refractivity contribution is 0.0832. The van der Waals surface area contributed by atoms with Gasteiger partial charge in [0.15, 0.2) is 0 Å². The minimum Gasteiger partial charge on any atom is -0.385 e. The zero-order valence-electron chi connectivity index (χ0n) is 14.3. The van der Waals surface area contributed by atoms with E-state index in [1.807, 2.05) is 12.1 Å². The third-order valence-electron chi connectivity index (χ3n) is 3.91. The molecule has 1 fully saturated rings. The maximum atomic E-state index is 12.4. The number of hydrogen-bond donors (Lipinski definition) is 2. The van der Waals surface area contributed by atoms with Crippen LogP contribution in [0, 0.1) is 5.41 Å². The minimum atomic E-state index is -3.45. The summed E-state index contributed by atoms with van der Waals surface area (Å²) in [6.45, 7) is 8.70. The molecule has 0 aliphatic carbocycles. The standard InChI is InChI=1S/C17H28N2O3S/c1-17(2,3)10-11-18-14-4-6-16(7-5-14)23(20,21)19-15-8-12-22-13-9-15/h4-7,15,18-19H,8-13H2,1-3H3. The number of sulfonamides is 1. The van der Waals surface area contributed by atoms with Crippen LogP contribution in [0.3, 0.4) is 0 Å². The molecular weight excluding hydrogens is 312 g/mol. The number of nitrogens with one attached hydrogen (secondary N) is 2. The van der Waals surface area contributed by atoms with E-state index in [1.54, 1.807) is 12.1 Å². The van der Waals surface area contributed by atoms with Gasteiger partial charge in [-0.05, 0) is 48.9 Å². The Morgan fingerprint density at radius 3 is 2.30 bits per heavy atom. The van der Waals surface area contributed by atoms with Crippen molar-refractivity contribution in [2.75, 3.05) is 25.1 Å². The van der Waals surface area contributed by atoms with E-state index >= 15 is 0 Å². The molecule has 0 spiro atoms. The number of rotatable bonds is 6. The van der Waals surface area contributed by atoms with E-state index in [9.17, 15) is 8.42 Å². The van der Waals surface area contributed by atoms with Crippen LogP contribution in [0.2, 0.25) is 0 Å². The molecule has 0 unspecified atom stereocenters. The van der Waals surface area contributed by atoms with Crippen LogP contribution < -0.4 is 10.0 Å². The van der Waals surface area contributed by atoms with E-state index in [2.05, 4.69) is 30.8 Å². The fourth-order valence-corrected chi connectivity index (χ4v) is 3.74. The summed E-state index contributed by atoms with van der Waals surface area (Å²) in [6.07, 6.45) is 2.51. The second-order valence-electron chi connectivity index (χ2n) is 7.27. The average molecular weight is 340 g/mol. The summed E-state index contributed by atoms with van der Waals surface area (Å²) >= 11 is 0.